The van der Waals surface area contributed by atoms with Gasteiger partial charge in [0.15, 0.2) is 0 Å². The molecule has 0 aliphatic carbocycles. The van der Waals surface area contributed by atoms with Gasteiger partial charge in [0.05, 0.1) is 6.42 Å². The van der Waals surface area contributed by atoms with Gasteiger partial charge in [-0.1, -0.05) is 42.5 Å². The maximum Gasteiger partial charge on any atom is 0.247 e. The van der Waals surface area contributed by atoms with E-state index in [1.54, 1.807) is 28.3 Å². The standard InChI is InChI=1S/C33H35N5O4/c1-23(39)37-19-3-6-29(37)32(41)35-27-14-10-24(11-15-27)8-9-25-12-16-28(17-13-25)36-33(42)30-7-4-20-38(30)31(40)21-26-5-2-18-34-22-26/h2,5,8-18,22,29-30H,3-4,6-7,19-21H2,1H3,(H,35,41)(H,36,42)/b9-8+/t29-,30-/m0/s1. The number of rotatable bonds is 8. The maximum absolute atomic E-state index is 13.0. The van der Waals surface area contributed by atoms with Gasteiger partial charge in [0.25, 0.3) is 0 Å². The zero-order valence-electron chi connectivity index (χ0n) is 23.7. The van der Waals surface area contributed by atoms with Crippen molar-refractivity contribution < 1.29 is 19.2 Å². The van der Waals surface area contributed by atoms with Crippen LogP contribution in [0.5, 0.6) is 0 Å². The van der Waals surface area contributed by atoms with Crippen molar-refractivity contribution in [3.8, 4) is 0 Å². The predicted molar refractivity (Wildman–Crippen MR) is 162 cm³/mol. The van der Waals surface area contributed by atoms with E-state index < -0.39 is 12.1 Å². The number of aromatic nitrogens is 1. The molecule has 216 valence electrons. The van der Waals surface area contributed by atoms with Crippen molar-refractivity contribution in [3.63, 3.8) is 0 Å². The van der Waals surface area contributed by atoms with Crippen LogP contribution in [0.3, 0.4) is 0 Å². The number of carbonyl (C=O) groups is 4. The first-order valence-corrected chi connectivity index (χ1v) is 14.3. The van der Waals surface area contributed by atoms with Crippen LogP contribution in [-0.4, -0.2) is 63.6 Å². The van der Waals surface area contributed by atoms with Crippen LogP contribution in [0.1, 0.15) is 49.3 Å². The highest BCUT2D eigenvalue weighted by atomic mass is 16.2. The van der Waals surface area contributed by atoms with Crippen LogP contribution < -0.4 is 10.6 Å². The summed E-state index contributed by atoms with van der Waals surface area (Å²) in [5.74, 6) is -0.474. The molecule has 0 bridgehead atoms. The van der Waals surface area contributed by atoms with E-state index in [1.165, 1.54) is 6.92 Å². The van der Waals surface area contributed by atoms with E-state index >= 15 is 0 Å². The van der Waals surface area contributed by atoms with E-state index in [-0.39, 0.29) is 30.0 Å². The van der Waals surface area contributed by atoms with Crippen molar-refractivity contribution in [2.24, 2.45) is 0 Å². The molecule has 9 heteroatoms. The highest BCUT2D eigenvalue weighted by molar-refractivity contribution is 5.98. The highest BCUT2D eigenvalue weighted by Crippen LogP contribution is 2.22. The highest BCUT2D eigenvalue weighted by Gasteiger charge is 2.34. The Hall–Kier alpha value is -4.79. The smallest absolute Gasteiger partial charge is 0.247 e. The fraction of sp³-hybridized carbons (Fsp3) is 0.303. The van der Waals surface area contributed by atoms with Crippen molar-refractivity contribution >= 4 is 47.2 Å². The largest absolute Gasteiger partial charge is 0.331 e. The second-order valence-corrected chi connectivity index (χ2v) is 10.7. The molecule has 0 radical (unpaired) electrons. The van der Waals surface area contributed by atoms with Gasteiger partial charge in [-0.3, -0.25) is 24.2 Å². The Morgan fingerprint density at radius 3 is 1.81 bits per heavy atom. The summed E-state index contributed by atoms with van der Waals surface area (Å²) in [6.07, 6.45) is 10.5. The number of pyridine rings is 1. The fourth-order valence-electron chi connectivity index (χ4n) is 5.53. The number of hydrogen-bond donors (Lipinski definition) is 2. The molecule has 9 nitrogen and oxygen atoms in total. The molecule has 1 aromatic heterocycles. The van der Waals surface area contributed by atoms with E-state index in [9.17, 15) is 19.2 Å². The lowest BCUT2D eigenvalue weighted by Crippen LogP contribution is -2.43. The summed E-state index contributed by atoms with van der Waals surface area (Å²) in [7, 11) is 0. The summed E-state index contributed by atoms with van der Waals surface area (Å²) in [4.78, 5) is 57.6. The van der Waals surface area contributed by atoms with Gasteiger partial charge in [0.2, 0.25) is 23.6 Å². The molecular formula is C33H35N5O4. The average molecular weight is 566 g/mol. The Morgan fingerprint density at radius 1 is 0.786 bits per heavy atom. The molecule has 4 amide bonds. The number of amides is 4. The first kappa shape index (κ1) is 28.7. The number of anilines is 2. The number of likely N-dealkylation sites (tertiary alicyclic amines) is 2. The van der Waals surface area contributed by atoms with Gasteiger partial charge in [0.1, 0.15) is 12.1 Å². The minimum absolute atomic E-state index is 0.0648. The summed E-state index contributed by atoms with van der Waals surface area (Å²) in [6, 6.07) is 17.8. The minimum atomic E-state index is -0.479. The molecule has 2 saturated heterocycles. The van der Waals surface area contributed by atoms with Gasteiger partial charge >= 0.3 is 0 Å². The molecule has 2 N–H and O–H groups in total. The zero-order chi connectivity index (χ0) is 29.5. The fourth-order valence-corrected chi connectivity index (χ4v) is 5.53. The number of carbonyl (C=O) groups excluding carboxylic acids is 4. The normalized spacial score (nSPS) is 18.3. The Labute approximate surface area is 245 Å². The third kappa shape index (κ3) is 7.09. The first-order valence-electron chi connectivity index (χ1n) is 14.3. The third-order valence-corrected chi connectivity index (χ3v) is 7.74. The molecule has 2 aromatic carbocycles. The maximum atomic E-state index is 13.0. The summed E-state index contributed by atoms with van der Waals surface area (Å²) in [5, 5.41) is 5.87. The molecule has 2 aliphatic rings. The zero-order valence-corrected chi connectivity index (χ0v) is 23.7. The molecule has 5 rings (SSSR count). The quantitative estimate of drug-likeness (QED) is 0.394. The van der Waals surface area contributed by atoms with Gasteiger partial charge in [-0.25, -0.2) is 0 Å². The average Bonchev–Trinajstić information content (AvgIpc) is 3.69. The molecule has 42 heavy (non-hydrogen) atoms. The monoisotopic (exact) mass is 565 g/mol. The molecule has 0 unspecified atom stereocenters. The Morgan fingerprint density at radius 2 is 1.31 bits per heavy atom. The number of nitrogens with zero attached hydrogens (tertiary/aromatic N) is 3. The predicted octanol–water partition coefficient (Wildman–Crippen LogP) is 4.37. The summed E-state index contributed by atoms with van der Waals surface area (Å²) < 4.78 is 0. The van der Waals surface area contributed by atoms with Crippen LogP contribution in [0.15, 0.2) is 73.1 Å². The molecule has 0 saturated carbocycles. The lowest BCUT2D eigenvalue weighted by atomic mass is 10.1. The van der Waals surface area contributed by atoms with Crippen molar-refractivity contribution in [1.29, 1.82) is 0 Å². The third-order valence-electron chi connectivity index (χ3n) is 7.74. The van der Waals surface area contributed by atoms with Crippen molar-refractivity contribution in [2.75, 3.05) is 23.7 Å². The van der Waals surface area contributed by atoms with E-state index in [4.69, 9.17) is 0 Å². The summed E-state index contributed by atoms with van der Waals surface area (Å²) >= 11 is 0. The summed E-state index contributed by atoms with van der Waals surface area (Å²) in [6.45, 7) is 2.70. The first-order chi connectivity index (χ1) is 20.4. The van der Waals surface area contributed by atoms with E-state index in [0.29, 0.717) is 37.3 Å². The lowest BCUT2D eigenvalue weighted by Gasteiger charge is -2.24. The Kier molecular flexibility index (Phi) is 9.06. The van der Waals surface area contributed by atoms with Crippen molar-refractivity contribution in [3.05, 3.63) is 89.7 Å². The number of hydrogen-bond acceptors (Lipinski definition) is 5. The van der Waals surface area contributed by atoms with Crippen molar-refractivity contribution in [2.45, 2.75) is 51.1 Å². The lowest BCUT2D eigenvalue weighted by molar-refractivity contribution is -0.136. The molecule has 2 atom stereocenters. The molecular weight excluding hydrogens is 530 g/mol. The second kappa shape index (κ2) is 13.2. The van der Waals surface area contributed by atoms with Gasteiger partial charge in [-0.15, -0.1) is 0 Å². The van der Waals surface area contributed by atoms with Crippen LogP contribution in [0.2, 0.25) is 0 Å². The molecule has 3 aromatic rings. The molecule has 3 heterocycles. The van der Waals surface area contributed by atoms with Gasteiger partial charge < -0.3 is 20.4 Å². The Balaban J connectivity index is 1.12. The number of nitrogens with one attached hydrogen (secondary N) is 2. The van der Waals surface area contributed by atoms with Crippen LogP contribution in [0.25, 0.3) is 12.2 Å². The van der Waals surface area contributed by atoms with Crippen molar-refractivity contribution in [1.82, 2.24) is 14.8 Å². The topological polar surface area (TPSA) is 112 Å². The summed E-state index contributed by atoms with van der Waals surface area (Å²) in [5.41, 5.74) is 4.13. The van der Waals surface area contributed by atoms with E-state index in [0.717, 1.165) is 29.5 Å². The molecule has 2 fully saturated rings. The second-order valence-electron chi connectivity index (χ2n) is 10.7. The molecule has 2 aliphatic heterocycles. The van der Waals surface area contributed by atoms with Crippen LogP contribution in [0.4, 0.5) is 11.4 Å². The van der Waals surface area contributed by atoms with Gasteiger partial charge in [-0.05, 0) is 72.7 Å². The minimum Gasteiger partial charge on any atom is -0.331 e. The van der Waals surface area contributed by atoms with E-state index in [2.05, 4.69) is 15.6 Å². The van der Waals surface area contributed by atoms with Crippen LogP contribution in [-0.2, 0) is 25.6 Å². The van der Waals surface area contributed by atoms with Gasteiger partial charge in [0, 0.05) is 43.8 Å². The van der Waals surface area contributed by atoms with Crippen LogP contribution in [0, 0.1) is 0 Å². The molecule has 0 spiro atoms. The van der Waals surface area contributed by atoms with Gasteiger partial charge in [-0.2, -0.15) is 0 Å². The van der Waals surface area contributed by atoms with E-state index in [1.807, 2.05) is 66.7 Å². The van der Waals surface area contributed by atoms with Crippen LogP contribution >= 0.6 is 0 Å². The SMILES string of the molecule is CC(=O)N1CCC[C@H]1C(=O)Nc1ccc(/C=C/c2ccc(NC(=O)[C@@H]3CCCN3C(=O)Cc3cccnc3)cc2)cc1. The number of benzene rings is 2. The Bertz CT molecular complexity index is 1450.